The van der Waals surface area contributed by atoms with Gasteiger partial charge in [-0.15, -0.1) is 0 Å². The normalized spacial score (nSPS) is 15.6. The lowest BCUT2D eigenvalue weighted by Gasteiger charge is -2.29. The summed E-state index contributed by atoms with van der Waals surface area (Å²) in [6.07, 6.45) is 29.2. The van der Waals surface area contributed by atoms with Crippen LogP contribution in [0.3, 0.4) is 0 Å². The van der Waals surface area contributed by atoms with E-state index in [4.69, 9.17) is 4.85 Å². The monoisotopic (exact) mass is 1420 g/mol. The van der Waals surface area contributed by atoms with E-state index in [1.165, 1.54) is 33.4 Å². The Balaban J connectivity index is 0.952. The maximum atomic E-state index is 13.0. The third-order valence-electron chi connectivity index (χ3n) is 23.4. The largest absolute Gasteiger partial charge is 0.318 e. The molecule has 0 aliphatic heterocycles. The molecule has 4 aliphatic rings. The summed E-state index contributed by atoms with van der Waals surface area (Å²) in [7, 11) is 0. The molecule has 3 aromatic heterocycles. The van der Waals surface area contributed by atoms with Gasteiger partial charge in [-0.25, -0.2) is 4.85 Å². The minimum absolute atomic E-state index is 0.0633. The quantitative estimate of drug-likeness (QED) is 0.108. The first-order chi connectivity index (χ1) is 55.0. The van der Waals surface area contributed by atoms with Crippen LogP contribution < -0.4 is 0 Å². The second kappa shape index (κ2) is 27.8. The van der Waals surface area contributed by atoms with E-state index >= 15 is 0 Å². The molecule has 20 rings (SSSR count). The Morgan fingerprint density at radius 3 is 0.847 bits per heavy atom. The molecule has 0 radical (unpaired) electrons. The molecule has 111 heavy (non-hydrogen) atoms. The molecule has 4 aliphatic carbocycles. The van der Waals surface area contributed by atoms with Crippen molar-refractivity contribution < 1.29 is 0 Å². The van der Waals surface area contributed by atoms with Crippen molar-refractivity contribution in [1.29, 1.82) is 10.5 Å². The van der Waals surface area contributed by atoms with Gasteiger partial charge in [0.2, 0.25) is 5.69 Å². The summed E-state index contributed by atoms with van der Waals surface area (Å²) in [6, 6.07) is 109. The predicted octanol–water partition coefficient (Wildman–Crippen LogP) is 27.5. The molecule has 0 spiro atoms. The van der Waals surface area contributed by atoms with Gasteiger partial charge < -0.3 is 13.7 Å². The topological polar surface area (TPSA) is 66.7 Å². The van der Waals surface area contributed by atoms with Crippen molar-refractivity contribution in [1.82, 2.24) is 13.7 Å². The third kappa shape index (κ3) is 11.2. The summed E-state index contributed by atoms with van der Waals surface area (Å²) in [6.45, 7) is 10.1. The Morgan fingerprint density at radius 1 is 0.288 bits per heavy atom. The standard InChI is InChI=1S/C105H72N6/c1-108-102-104(110-96-56-50-78(70-32-14-4-15-33-70)62-88(96)89-63-79(51-57-97(89)110)71-34-16-5-17-35-71)92(66-106)103(109-94-54-48-76(68-28-10-2-11-29-68)60-86(94)87-61-77(49-55-95(87)109)69-30-12-3-13-31-69)93(67-107)105(102)111-98-58-52-80(100-82(72-36-18-6-19-37-72)44-26-45-83(100)73-38-20-7-21-39-73)64-90(98)91-65-81(53-59-99(91)111)101-84(74-40-22-8-23-41-74)46-27-47-85(101)75-42-24-9-25-43-75/h2-6,8,10-20,22-24,26-44,46,48-65,83,85H,7,9,21,25,45,47H2/t83-,85-/m1/s1. The van der Waals surface area contributed by atoms with Gasteiger partial charge in [0.15, 0.2) is 0 Å². The van der Waals surface area contributed by atoms with E-state index in [1.807, 2.05) is 24.3 Å². The van der Waals surface area contributed by atoms with Crippen LogP contribution in [0.15, 0.2) is 363 Å². The number of nitriles is 2. The van der Waals surface area contributed by atoms with Gasteiger partial charge in [-0.1, -0.05) is 279 Å². The number of hydrogen-bond donors (Lipinski definition) is 0. The maximum Gasteiger partial charge on any atom is 0.236 e. The molecule has 0 saturated heterocycles. The van der Waals surface area contributed by atoms with Gasteiger partial charge >= 0.3 is 0 Å². The first-order valence-corrected chi connectivity index (χ1v) is 38.5. The van der Waals surface area contributed by atoms with Crippen LogP contribution in [0.5, 0.6) is 0 Å². The smallest absolute Gasteiger partial charge is 0.236 e. The number of rotatable bonds is 13. The van der Waals surface area contributed by atoms with E-state index in [0.717, 1.165) is 171 Å². The molecule has 16 aromatic rings. The maximum absolute atomic E-state index is 13.0. The second-order valence-electron chi connectivity index (χ2n) is 29.5. The van der Waals surface area contributed by atoms with E-state index in [0.29, 0.717) is 17.1 Å². The van der Waals surface area contributed by atoms with Gasteiger partial charge in [0.1, 0.15) is 12.1 Å². The highest BCUT2D eigenvalue weighted by Crippen LogP contribution is 2.53. The van der Waals surface area contributed by atoms with E-state index < -0.39 is 0 Å². The molecule has 0 bridgehead atoms. The highest BCUT2D eigenvalue weighted by Gasteiger charge is 2.35. The molecular weight excluding hydrogens is 1350 g/mol. The first kappa shape index (κ1) is 66.1. The summed E-state index contributed by atoms with van der Waals surface area (Å²) in [5, 5.41) is 31.6. The Kier molecular flexibility index (Phi) is 16.5. The minimum Gasteiger partial charge on any atom is -0.318 e. The van der Waals surface area contributed by atoms with E-state index in [-0.39, 0.29) is 28.7 Å². The lowest BCUT2D eigenvalue weighted by Crippen LogP contribution is -2.12. The molecule has 522 valence electrons. The van der Waals surface area contributed by atoms with Crippen LogP contribution in [0.2, 0.25) is 0 Å². The van der Waals surface area contributed by atoms with Crippen molar-refractivity contribution in [2.75, 3.05) is 0 Å². The average molecular weight is 1420 g/mol. The van der Waals surface area contributed by atoms with Crippen LogP contribution in [0.4, 0.5) is 5.69 Å². The van der Waals surface area contributed by atoms with Crippen LogP contribution in [-0.2, 0) is 0 Å². The molecule has 0 fully saturated rings. The SMILES string of the molecule is [C-]#[N+]c1c(-n2c3ccc(C4=C(c5ccccc5)C=CC[C@@H]4C4=CCCC=C4)cc3c3cc(C4=C(c5ccccc5)C=CC[C@@H]4C4=CCCC=C4)ccc32)c(C#N)c(-n2c3ccc(-c4ccccc4)cc3c3cc(-c4ccccc4)ccc32)c(C#N)c1-n1c2ccc(-c3ccccc3)cc2c2cc(-c3ccccc3)ccc21. The fourth-order valence-electron chi connectivity index (χ4n) is 18.3. The highest BCUT2D eigenvalue weighted by atomic mass is 15.1. The highest BCUT2D eigenvalue weighted by molar-refractivity contribution is 6.18. The molecular formula is C105H72N6. The van der Waals surface area contributed by atoms with Crippen molar-refractivity contribution in [3.63, 3.8) is 0 Å². The number of nitrogens with zero attached hydrogens (tertiary/aromatic N) is 6. The molecule has 6 nitrogen and oxygen atoms in total. The van der Waals surface area contributed by atoms with Crippen molar-refractivity contribution in [3.05, 3.63) is 408 Å². The first-order valence-electron chi connectivity index (χ1n) is 38.5. The lowest BCUT2D eigenvalue weighted by atomic mass is 9.75. The number of fused-ring (bicyclic) bond motifs is 9. The van der Waals surface area contributed by atoms with Crippen molar-refractivity contribution in [3.8, 4) is 73.7 Å². The zero-order valence-corrected chi connectivity index (χ0v) is 61.1. The molecule has 6 heteroatoms. The van der Waals surface area contributed by atoms with Crippen molar-refractivity contribution >= 4 is 93.4 Å². The van der Waals surface area contributed by atoms with Gasteiger partial charge in [-0.05, 0) is 212 Å². The van der Waals surface area contributed by atoms with E-state index in [1.54, 1.807) is 0 Å². The molecule has 0 amide bonds. The number of hydrogen-bond acceptors (Lipinski definition) is 2. The fraction of sp³-hybridized carbons (Fsp3) is 0.0762. The molecule has 0 N–H and O–H groups in total. The Labute approximate surface area is 645 Å². The Morgan fingerprint density at radius 2 is 0.568 bits per heavy atom. The third-order valence-corrected chi connectivity index (χ3v) is 23.4. The zero-order chi connectivity index (χ0) is 74.0. The minimum atomic E-state index is 0.0633. The summed E-state index contributed by atoms with van der Waals surface area (Å²) in [4.78, 5) is 4.83. The van der Waals surface area contributed by atoms with Crippen LogP contribution in [-0.4, -0.2) is 13.7 Å². The predicted molar refractivity (Wildman–Crippen MR) is 461 cm³/mol. The Bertz CT molecular complexity index is 6330. The summed E-state index contributed by atoms with van der Waals surface area (Å²) in [5.74, 6) is 0.127. The zero-order valence-electron chi connectivity index (χ0n) is 61.1. The van der Waals surface area contributed by atoms with Gasteiger partial charge in [-0.3, -0.25) is 0 Å². The Hall–Kier alpha value is -14.4. The van der Waals surface area contributed by atoms with Crippen molar-refractivity contribution in [2.45, 2.75) is 38.5 Å². The van der Waals surface area contributed by atoms with Gasteiger partial charge in [0.25, 0.3) is 0 Å². The second-order valence-corrected chi connectivity index (χ2v) is 29.5. The van der Waals surface area contributed by atoms with E-state index in [9.17, 15) is 17.1 Å². The summed E-state index contributed by atoms with van der Waals surface area (Å²) >= 11 is 0. The van der Waals surface area contributed by atoms with Crippen LogP contribution >= 0.6 is 0 Å². The fourth-order valence-corrected chi connectivity index (χ4v) is 18.3. The number of allylic oxidation sites excluding steroid dienone is 16. The number of benzene rings is 13. The average Bonchev–Trinajstić information content (AvgIpc) is 1.56. The number of aromatic nitrogens is 3. The van der Waals surface area contributed by atoms with Crippen LogP contribution in [0.1, 0.15) is 71.9 Å². The summed E-state index contributed by atoms with van der Waals surface area (Å²) in [5.41, 5.74) is 26.9. The van der Waals surface area contributed by atoms with Crippen LogP contribution in [0, 0.1) is 41.1 Å². The summed E-state index contributed by atoms with van der Waals surface area (Å²) < 4.78 is 6.55. The van der Waals surface area contributed by atoms with Gasteiger partial charge in [-0.2, -0.15) is 10.5 Å². The van der Waals surface area contributed by atoms with Gasteiger partial charge in [0, 0.05) is 44.2 Å². The molecule has 3 heterocycles. The van der Waals surface area contributed by atoms with E-state index in [2.05, 4.69) is 354 Å². The molecule has 0 saturated carbocycles. The molecule has 13 aromatic carbocycles. The van der Waals surface area contributed by atoms with Gasteiger partial charge in [0.05, 0.1) is 67.9 Å². The van der Waals surface area contributed by atoms with Crippen LogP contribution in [0.25, 0.3) is 154 Å². The molecule has 2 atom stereocenters. The molecule has 0 unspecified atom stereocenters. The lowest BCUT2D eigenvalue weighted by molar-refractivity contribution is 0.793. The van der Waals surface area contributed by atoms with Crippen molar-refractivity contribution in [2.24, 2.45) is 11.8 Å².